The molecule has 0 unspecified atom stereocenters. The Kier molecular flexibility index (Phi) is 5.51. The van der Waals surface area contributed by atoms with E-state index in [2.05, 4.69) is 45.5 Å². The van der Waals surface area contributed by atoms with E-state index in [0.717, 1.165) is 49.6 Å². The summed E-state index contributed by atoms with van der Waals surface area (Å²) in [4.78, 5) is 31.8. The maximum absolute atomic E-state index is 13.9. The number of rotatable bonds is 6. The van der Waals surface area contributed by atoms with Gasteiger partial charge in [-0.25, -0.2) is 4.98 Å². The monoisotopic (exact) mass is 430 g/mol. The molecule has 0 aliphatic carbocycles. The lowest BCUT2D eigenvalue weighted by Crippen LogP contribution is -2.39. The molecule has 5 heterocycles. The van der Waals surface area contributed by atoms with Crippen molar-refractivity contribution >= 4 is 5.91 Å². The minimum absolute atomic E-state index is 0.0811. The van der Waals surface area contributed by atoms with E-state index in [1.807, 2.05) is 47.9 Å². The summed E-state index contributed by atoms with van der Waals surface area (Å²) in [7, 11) is 0. The van der Waals surface area contributed by atoms with Gasteiger partial charge in [-0.3, -0.25) is 19.7 Å². The van der Waals surface area contributed by atoms with Crippen LogP contribution in [0.4, 0.5) is 0 Å². The van der Waals surface area contributed by atoms with Crippen LogP contribution in [0, 0.1) is 5.41 Å². The summed E-state index contributed by atoms with van der Waals surface area (Å²) < 4.78 is 2.14. The molecule has 7 heteroatoms. The van der Waals surface area contributed by atoms with Crippen LogP contribution in [0.5, 0.6) is 0 Å². The zero-order chi connectivity index (χ0) is 22.1. The normalized spacial score (nSPS) is 23.7. The Morgan fingerprint density at radius 2 is 2.03 bits per heavy atom. The molecule has 1 amide bonds. The highest BCUT2D eigenvalue weighted by atomic mass is 16.2. The van der Waals surface area contributed by atoms with Gasteiger partial charge in [-0.15, -0.1) is 0 Å². The molecule has 7 nitrogen and oxygen atoms in total. The molecule has 0 N–H and O–H groups in total. The number of nitrogens with zero attached hydrogens (tertiary/aromatic N) is 6. The highest BCUT2D eigenvalue weighted by Gasteiger charge is 2.57. The number of pyridine rings is 2. The quantitative estimate of drug-likeness (QED) is 0.600. The number of likely N-dealkylation sites (tertiary alicyclic amines) is 2. The van der Waals surface area contributed by atoms with Crippen LogP contribution in [0.1, 0.15) is 49.2 Å². The summed E-state index contributed by atoms with van der Waals surface area (Å²) in [5.74, 6) is 0.326. The molecular weight excluding hydrogens is 400 g/mol. The van der Waals surface area contributed by atoms with Crippen molar-refractivity contribution in [2.45, 2.75) is 45.3 Å². The van der Waals surface area contributed by atoms with Gasteiger partial charge in [-0.2, -0.15) is 0 Å². The van der Waals surface area contributed by atoms with E-state index in [4.69, 9.17) is 4.98 Å². The van der Waals surface area contributed by atoms with Crippen LogP contribution in [-0.2, 0) is 17.9 Å². The average molecular weight is 431 g/mol. The lowest BCUT2D eigenvalue weighted by Gasteiger charge is -2.28. The fraction of sp³-hybridized carbons (Fsp3) is 0.440. The van der Waals surface area contributed by atoms with Gasteiger partial charge in [-0.05, 0) is 44.0 Å². The summed E-state index contributed by atoms with van der Waals surface area (Å²) in [6.45, 7) is 8.00. The molecule has 0 aromatic carbocycles. The number of aromatic nitrogens is 4. The number of imidazole rings is 1. The van der Waals surface area contributed by atoms with Crippen molar-refractivity contribution in [3.8, 4) is 0 Å². The van der Waals surface area contributed by atoms with Crippen LogP contribution in [0.25, 0.3) is 0 Å². The molecule has 5 rings (SSSR count). The van der Waals surface area contributed by atoms with E-state index in [-0.39, 0.29) is 11.8 Å². The third-order valence-corrected chi connectivity index (χ3v) is 6.94. The molecule has 0 saturated carbocycles. The summed E-state index contributed by atoms with van der Waals surface area (Å²) in [5, 5.41) is 0. The zero-order valence-corrected chi connectivity index (χ0v) is 18.8. The Balaban J connectivity index is 1.43. The van der Waals surface area contributed by atoms with Crippen molar-refractivity contribution in [2.75, 3.05) is 19.6 Å². The second-order valence-corrected chi connectivity index (χ2v) is 9.38. The number of amides is 1. The molecule has 166 valence electrons. The van der Waals surface area contributed by atoms with Gasteiger partial charge >= 0.3 is 0 Å². The summed E-state index contributed by atoms with van der Waals surface area (Å²) in [6, 6.07) is 10.3. The third-order valence-electron chi connectivity index (χ3n) is 6.94. The molecular formula is C25H30N6O. The SMILES string of the molecule is CC(C)n1cnc([C@@H]2CN(Cc3ccccn3)C[C@@]23CCN(Cc2cccnc2)C3=O)c1. The summed E-state index contributed by atoms with van der Waals surface area (Å²) >= 11 is 0. The lowest BCUT2D eigenvalue weighted by molar-refractivity contribution is -0.136. The predicted octanol–water partition coefficient (Wildman–Crippen LogP) is 3.27. The Labute approximate surface area is 189 Å². The number of carbonyl (C=O) groups excluding carboxylic acids is 1. The minimum atomic E-state index is -0.437. The van der Waals surface area contributed by atoms with Crippen molar-refractivity contribution in [2.24, 2.45) is 5.41 Å². The van der Waals surface area contributed by atoms with Gasteiger partial charge in [0, 0.05) is 69.5 Å². The van der Waals surface area contributed by atoms with Crippen LogP contribution in [-0.4, -0.2) is 54.9 Å². The fourth-order valence-corrected chi connectivity index (χ4v) is 5.23. The first kappa shape index (κ1) is 20.8. The third kappa shape index (κ3) is 3.81. The average Bonchev–Trinajstić information content (AvgIpc) is 3.50. The molecule has 0 bridgehead atoms. The van der Waals surface area contributed by atoms with Crippen molar-refractivity contribution in [1.82, 2.24) is 29.3 Å². The second kappa shape index (κ2) is 8.47. The van der Waals surface area contributed by atoms with Crippen LogP contribution in [0.3, 0.4) is 0 Å². The standard InChI is InChI=1S/C25H30N6O/c1-19(2)31-16-23(28-18-31)22-15-29(14-21-7-3-4-10-27-21)17-25(22)8-11-30(24(25)32)13-20-6-5-9-26-12-20/h3-7,9-10,12,16,18-19,22H,8,11,13-15,17H2,1-2H3/t22-,25-/m0/s1. The molecule has 2 saturated heterocycles. The smallest absolute Gasteiger partial charge is 0.231 e. The van der Waals surface area contributed by atoms with Crippen LogP contribution in [0.15, 0.2) is 61.4 Å². The Hall–Kier alpha value is -3.06. The zero-order valence-electron chi connectivity index (χ0n) is 18.8. The highest BCUT2D eigenvalue weighted by Crippen LogP contribution is 2.50. The van der Waals surface area contributed by atoms with Crippen LogP contribution in [0.2, 0.25) is 0 Å². The molecule has 1 spiro atoms. The lowest BCUT2D eigenvalue weighted by atomic mass is 9.75. The molecule has 3 aromatic heterocycles. The molecule has 2 fully saturated rings. The molecule has 2 aliphatic heterocycles. The molecule has 2 atom stereocenters. The van der Waals surface area contributed by atoms with Gasteiger partial charge in [0.15, 0.2) is 0 Å². The van der Waals surface area contributed by atoms with E-state index >= 15 is 0 Å². The predicted molar refractivity (Wildman–Crippen MR) is 122 cm³/mol. The highest BCUT2D eigenvalue weighted by molar-refractivity contribution is 5.86. The van der Waals surface area contributed by atoms with Gasteiger partial charge in [-0.1, -0.05) is 12.1 Å². The van der Waals surface area contributed by atoms with Crippen molar-refractivity contribution in [1.29, 1.82) is 0 Å². The second-order valence-electron chi connectivity index (χ2n) is 9.38. The first-order valence-electron chi connectivity index (χ1n) is 11.4. The van der Waals surface area contributed by atoms with E-state index in [0.29, 0.717) is 12.6 Å². The van der Waals surface area contributed by atoms with E-state index in [1.165, 1.54) is 0 Å². The van der Waals surface area contributed by atoms with Gasteiger partial charge < -0.3 is 9.47 Å². The largest absolute Gasteiger partial charge is 0.338 e. The topological polar surface area (TPSA) is 67.2 Å². The van der Waals surface area contributed by atoms with Gasteiger partial charge in [0.2, 0.25) is 5.91 Å². The minimum Gasteiger partial charge on any atom is -0.338 e. The molecule has 3 aromatic rings. The first-order valence-corrected chi connectivity index (χ1v) is 11.4. The Morgan fingerprint density at radius 3 is 2.75 bits per heavy atom. The molecule has 0 radical (unpaired) electrons. The maximum Gasteiger partial charge on any atom is 0.231 e. The van der Waals surface area contributed by atoms with Gasteiger partial charge in [0.1, 0.15) is 0 Å². The van der Waals surface area contributed by atoms with E-state index < -0.39 is 5.41 Å². The van der Waals surface area contributed by atoms with Crippen molar-refractivity contribution in [3.05, 3.63) is 78.4 Å². The molecule has 2 aliphatic rings. The number of carbonyl (C=O) groups is 1. The summed E-state index contributed by atoms with van der Waals surface area (Å²) in [6.07, 6.45) is 10.3. The van der Waals surface area contributed by atoms with E-state index in [9.17, 15) is 4.79 Å². The van der Waals surface area contributed by atoms with E-state index in [1.54, 1.807) is 6.20 Å². The van der Waals surface area contributed by atoms with Crippen molar-refractivity contribution in [3.63, 3.8) is 0 Å². The summed E-state index contributed by atoms with van der Waals surface area (Å²) in [5.41, 5.74) is 2.70. The number of hydrogen-bond donors (Lipinski definition) is 0. The van der Waals surface area contributed by atoms with Gasteiger partial charge in [0.05, 0.1) is 23.1 Å². The Morgan fingerprint density at radius 1 is 1.12 bits per heavy atom. The number of hydrogen-bond acceptors (Lipinski definition) is 5. The Bertz CT molecular complexity index is 1070. The first-order chi connectivity index (χ1) is 15.5. The van der Waals surface area contributed by atoms with Crippen molar-refractivity contribution < 1.29 is 4.79 Å². The van der Waals surface area contributed by atoms with Gasteiger partial charge in [0.25, 0.3) is 0 Å². The van der Waals surface area contributed by atoms with Crippen LogP contribution < -0.4 is 0 Å². The maximum atomic E-state index is 13.9. The fourth-order valence-electron chi connectivity index (χ4n) is 5.23. The molecule has 32 heavy (non-hydrogen) atoms. The van der Waals surface area contributed by atoms with Crippen LogP contribution >= 0.6 is 0 Å².